The first kappa shape index (κ1) is 13.8. The second kappa shape index (κ2) is 5.59. The summed E-state index contributed by atoms with van der Waals surface area (Å²) in [5.74, 6) is -1.42. The van der Waals surface area contributed by atoms with Crippen molar-refractivity contribution in [1.82, 2.24) is 5.32 Å². The van der Waals surface area contributed by atoms with E-state index >= 15 is 0 Å². The van der Waals surface area contributed by atoms with Crippen LogP contribution in [0.5, 0.6) is 0 Å². The molecule has 1 amide bonds. The first-order chi connectivity index (χ1) is 9.02. The molecular formula is C13H14ClNO4. The molecule has 1 aromatic rings. The Morgan fingerprint density at radius 1 is 1.47 bits per heavy atom. The molecule has 0 bridgehead atoms. The highest BCUT2D eigenvalue weighted by Gasteiger charge is 2.43. The van der Waals surface area contributed by atoms with E-state index in [-0.39, 0.29) is 25.4 Å². The van der Waals surface area contributed by atoms with Crippen molar-refractivity contribution >= 4 is 23.5 Å². The normalized spacial score (nSPS) is 22.2. The van der Waals surface area contributed by atoms with Gasteiger partial charge in [0.25, 0.3) is 0 Å². The van der Waals surface area contributed by atoms with Crippen LogP contribution in [-0.4, -0.2) is 35.7 Å². The van der Waals surface area contributed by atoms with Crippen molar-refractivity contribution in [2.45, 2.75) is 18.4 Å². The summed E-state index contributed by atoms with van der Waals surface area (Å²) in [5.41, 5.74) is -0.556. The number of amides is 1. The van der Waals surface area contributed by atoms with Crippen LogP contribution in [-0.2, 0) is 20.7 Å². The number of carboxylic acid groups (broad SMARTS) is 1. The van der Waals surface area contributed by atoms with Crippen LogP contribution in [0, 0.1) is 0 Å². The lowest BCUT2D eigenvalue weighted by Crippen LogP contribution is -2.55. The van der Waals surface area contributed by atoms with Gasteiger partial charge in [0.15, 0.2) is 5.54 Å². The number of carbonyl (C=O) groups is 2. The van der Waals surface area contributed by atoms with Gasteiger partial charge in [-0.15, -0.1) is 0 Å². The molecule has 2 rings (SSSR count). The summed E-state index contributed by atoms with van der Waals surface area (Å²) in [6, 6.07) is 6.91. The lowest BCUT2D eigenvalue weighted by molar-refractivity contribution is -0.147. The first-order valence-electron chi connectivity index (χ1n) is 5.88. The maximum atomic E-state index is 11.9. The van der Waals surface area contributed by atoms with E-state index in [1.54, 1.807) is 24.3 Å². The number of benzene rings is 1. The molecule has 1 unspecified atom stereocenters. The fourth-order valence-corrected chi connectivity index (χ4v) is 2.24. The maximum Gasteiger partial charge on any atom is 0.331 e. The van der Waals surface area contributed by atoms with Crippen LogP contribution in [0.25, 0.3) is 0 Å². The van der Waals surface area contributed by atoms with Gasteiger partial charge in [-0.3, -0.25) is 4.79 Å². The zero-order valence-electron chi connectivity index (χ0n) is 10.2. The Morgan fingerprint density at radius 2 is 2.26 bits per heavy atom. The number of hydrogen-bond acceptors (Lipinski definition) is 3. The first-order valence-corrected chi connectivity index (χ1v) is 6.26. The SMILES string of the molecule is O=C(Cc1cccc(Cl)c1)NC1(C(=O)O)CCOC1. The van der Waals surface area contributed by atoms with Crippen LogP contribution in [0.3, 0.4) is 0 Å². The Morgan fingerprint density at radius 3 is 2.84 bits per heavy atom. The Labute approximate surface area is 115 Å². The van der Waals surface area contributed by atoms with E-state index < -0.39 is 11.5 Å². The third-order valence-corrected chi connectivity index (χ3v) is 3.30. The molecule has 102 valence electrons. The lowest BCUT2D eigenvalue weighted by Gasteiger charge is -2.23. The van der Waals surface area contributed by atoms with Gasteiger partial charge in [-0.05, 0) is 17.7 Å². The number of hydrogen-bond donors (Lipinski definition) is 2. The van der Waals surface area contributed by atoms with Crippen LogP contribution in [0.2, 0.25) is 5.02 Å². The summed E-state index contributed by atoms with van der Waals surface area (Å²) in [7, 11) is 0. The molecule has 1 aliphatic rings. The van der Waals surface area contributed by atoms with E-state index in [9.17, 15) is 14.7 Å². The second-order valence-corrected chi connectivity index (χ2v) is 4.98. The molecular weight excluding hydrogens is 270 g/mol. The molecule has 0 spiro atoms. The number of aliphatic carboxylic acids is 1. The summed E-state index contributed by atoms with van der Waals surface area (Å²) in [6.45, 7) is 0.341. The van der Waals surface area contributed by atoms with Gasteiger partial charge in [-0.25, -0.2) is 4.79 Å². The second-order valence-electron chi connectivity index (χ2n) is 4.54. The van der Waals surface area contributed by atoms with E-state index in [0.717, 1.165) is 5.56 Å². The van der Waals surface area contributed by atoms with Gasteiger partial charge in [0.2, 0.25) is 5.91 Å². The molecule has 6 heteroatoms. The van der Waals surface area contributed by atoms with E-state index in [2.05, 4.69) is 5.32 Å². The molecule has 0 saturated carbocycles. The molecule has 1 atom stereocenters. The Balaban J connectivity index is 2.02. The van der Waals surface area contributed by atoms with Crippen molar-refractivity contribution in [2.24, 2.45) is 0 Å². The predicted molar refractivity (Wildman–Crippen MR) is 69.1 cm³/mol. The molecule has 1 aliphatic heterocycles. The molecule has 19 heavy (non-hydrogen) atoms. The van der Waals surface area contributed by atoms with Gasteiger partial charge in [-0.2, -0.15) is 0 Å². The third-order valence-electron chi connectivity index (χ3n) is 3.06. The summed E-state index contributed by atoms with van der Waals surface area (Å²) in [6.07, 6.45) is 0.374. The molecule has 1 heterocycles. The number of halogens is 1. The molecule has 5 nitrogen and oxygen atoms in total. The Hall–Kier alpha value is -1.59. The molecule has 1 saturated heterocycles. The molecule has 0 aliphatic carbocycles. The van der Waals surface area contributed by atoms with Gasteiger partial charge in [0.05, 0.1) is 13.0 Å². The number of ether oxygens (including phenoxy) is 1. The highest BCUT2D eigenvalue weighted by Crippen LogP contribution is 2.19. The van der Waals surface area contributed by atoms with Crippen molar-refractivity contribution in [1.29, 1.82) is 0 Å². The van der Waals surface area contributed by atoms with Gasteiger partial charge in [-0.1, -0.05) is 23.7 Å². The largest absolute Gasteiger partial charge is 0.479 e. The zero-order chi connectivity index (χ0) is 13.9. The van der Waals surface area contributed by atoms with Gasteiger partial charge in [0, 0.05) is 18.1 Å². The lowest BCUT2D eigenvalue weighted by atomic mass is 9.98. The minimum Gasteiger partial charge on any atom is -0.479 e. The van der Waals surface area contributed by atoms with E-state index in [0.29, 0.717) is 11.6 Å². The van der Waals surface area contributed by atoms with Crippen molar-refractivity contribution in [3.63, 3.8) is 0 Å². The zero-order valence-corrected chi connectivity index (χ0v) is 10.9. The summed E-state index contributed by atoms with van der Waals surface area (Å²) in [4.78, 5) is 23.2. The monoisotopic (exact) mass is 283 g/mol. The topological polar surface area (TPSA) is 75.6 Å². The predicted octanol–water partition coefficient (Wildman–Crippen LogP) is 1.24. The Kier molecular flexibility index (Phi) is 4.07. The summed E-state index contributed by atoms with van der Waals surface area (Å²) >= 11 is 5.83. The number of carboxylic acids is 1. The molecule has 0 aromatic heterocycles. The molecule has 1 fully saturated rings. The molecule has 2 N–H and O–H groups in total. The van der Waals surface area contributed by atoms with Crippen LogP contribution >= 0.6 is 11.6 Å². The number of carbonyl (C=O) groups excluding carboxylic acids is 1. The third kappa shape index (κ3) is 3.24. The standard InChI is InChI=1S/C13H14ClNO4/c14-10-3-1-2-9(6-10)7-11(16)15-13(12(17)18)4-5-19-8-13/h1-3,6H,4-5,7-8H2,(H,15,16)(H,17,18). The van der Waals surface area contributed by atoms with Crippen LogP contribution in [0.15, 0.2) is 24.3 Å². The smallest absolute Gasteiger partial charge is 0.331 e. The average molecular weight is 284 g/mol. The van der Waals surface area contributed by atoms with E-state index in [4.69, 9.17) is 16.3 Å². The van der Waals surface area contributed by atoms with E-state index in [1.165, 1.54) is 0 Å². The van der Waals surface area contributed by atoms with Crippen LogP contribution in [0.1, 0.15) is 12.0 Å². The maximum absolute atomic E-state index is 11.9. The molecule has 1 aromatic carbocycles. The van der Waals surface area contributed by atoms with Crippen molar-refractivity contribution in [3.05, 3.63) is 34.9 Å². The Bertz CT molecular complexity index is 497. The fraction of sp³-hybridized carbons (Fsp3) is 0.385. The molecule has 0 radical (unpaired) electrons. The van der Waals surface area contributed by atoms with Crippen molar-refractivity contribution in [2.75, 3.05) is 13.2 Å². The van der Waals surface area contributed by atoms with Gasteiger partial charge in [0.1, 0.15) is 0 Å². The van der Waals surface area contributed by atoms with Crippen LogP contribution in [0.4, 0.5) is 0 Å². The summed E-state index contributed by atoms with van der Waals surface area (Å²) in [5, 5.41) is 12.3. The number of rotatable bonds is 4. The minimum absolute atomic E-state index is 0.00359. The van der Waals surface area contributed by atoms with Crippen molar-refractivity contribution in [3.8, 4) is 0 Å². The van der Waals surface area contributed by atoms with E-state index in [1.807, 2.05) is 0 Å². The van der Waals surface area contributed by atoms with Gasteiger partial charge >= 0.3 is 5.97 Å². The van der Waals surface area contributed by atoms with Crippen LogP contribution < -0.4 is 5.32 Å². The highest BCUT2D eigenvalue weighted by atomic mass is 35.5. The van der Waals surface area contributed by atoms with Crippen molar-refractivity contribution < 1.29 is 19.4 Å². The van der Waals surface area contributed by atoms with Gasteiger partial charge < -0.3 is 15.2 Å². The fourth-order valence-electron chi connectivity index (χ4n) is 2.03. The average Bonchev–Trinajstić information content (AvgIpc) is 2.78. The number of nitrogens with one attached hydrogen (secondary N) is 1. The quantitative estimate of drug-likeness (QED) is 0.872. The minimum atomic E-state index is -1.30. The highest BCUT2D eigenvalue weighted by molar-refractivity contribution is 6.30. The summed E-state index contributed by atoms with van der Waals surface area (Å²) < 4.78 is 5.08.